The molecule has 0 atom stereocenters. The maximum atomic E-state index is 4.49. The molecule has 4 rings (SSSR count). The molecule has 0 aromatic heterocycles. The summed E-state index contributed by atoms with van der Waals surface area (Å²) in [4.78, 5) is 0. The first-order chi connectivity index (χ1) is 13.1. The molecule has 0 aliphatic heterocycles. The Morgan fingerprint density at radius 3 is 1.22 bits per heavy atom. The molecule has 0 amide bonds. The number of aryl methyl sites for hydroxylation is 1. The van der Waals surface area contributed by atoms with Crippen LogP contribution in [0.5, 0.6) is 0 Å². The van der Waals surface area contributed by atoms with Crippen molar-refractivity contribution in [3.05, 3.63) is 121 Å². The summed E-state index contributed by atoms with van der Waals surface area (Å²) in [6.45, 7) is 2.17. The SMILES string of the molecule is Cc1cccc(P(Br)(c2ccccc2)(c2ccccc2)c2ccccc2)c1. The van der Waals surface area contributed by atoms with E-state index in [4.69, 9.17) is 0 Å². The van der Waals surface area contributed by atoms with Crippen molar-refractivity contribution in [1.82, 2.24) is 0 Å². The molecule has 0 bridgehead atoms. The van der Waals surface area contributed by atoms with Crippen molar-refractivity contribution in [2.24, 2.45) is 0 Å². The number of rotatable bonds is 4. The van der Waals surface area contributed by atoms with Crippen LogP contribution in [0.15, 0.2) is 115 Å². The summed E-state index contributed by atoms with van der Waals surface area (Å²) < 4.78 is 0. The average molecular weight is 433 g/mol. The van der Waals surface area contributed by atoms with E-state index in [9.17, 15) is 0 Å². The summed E-state index contributed by atoms with van der Waals surface area (Å²) >= 11 is 4.49. The van der Waals surface area contributed by atoms with Gasteiger partial charge in [-0.25, -0.2) is 0 Å². The summed E-state index contributed by atoms with van der Waals surface area (Å²) in [5.74, 6) is 0. The van der Waals surface area contributed by atoms with Crippen molar-refractivity contribution in [3.63, 3.8) is 0 Å². The van der Waals surface area contributed by atoms with E-state index in [2.05, 4.69) is 138 Å². The van der Waals surface area contributed by atoms with E-state index in [1.807, 2.05) is 0 Å². The molecule has 0 aliphatic carbocycles. The number of hydrogen-bond donors (Lipinski definition) is 0. The van der Waals surface area contributed by atoms with Crippen LogP contribution in [0, 0.1) is 6.92 Å². The van der Waals surface area contributed by atoms with Gasteiger partial charge in [0.25, 0.3) is 0 Å². The summed E-state index contributed by atoms with van der Waals surface area (Å²) in [7, 11) is 0. The second-order valence-electron chi connectivity index (χ2n) is 6.85. The molecule has 4 aromatic carbocycles. The van der Waals surface area contributed by atoms with E-state index in [1.165, 1.54) is 26.8 Å². The van der Waals surface area contributed by atoms with Gasteiger partial charge in [0.15, 0.2) is 0 Å². The van der Waals surface area contributed by atoms with Crippen molar-refractivity contribution in [2.75, 3.05) is 0 Å². The topological polar surface area (TPSA) is 0 Å². The maximum absolute atomic E-state index is 4.49. The molecular weight excluding hydrogens is 411 g/mol. The van der Waals surface area contributed by atoms with E-state index in [-0.39, 0.29) is 0 Å². The Hall–Kier alpha value is -2.21. The van der Waals surface area contributed by atoms with Gasteiger partial charge in [-0.15, -0.1) is 0 Å². The van der Waals surface area contributed by atoms with Crippen LogP contribution in [0.3, 0.4) is 0 Å². The fraction of sp³-hybridized carbons (Fsp3) is 0.0400. The van der Waals surface area contributed by atoms with Gasteiger partial charge in [0.05, 0.1) is 0 Å². The van der Waals surface area contributed by atoms with Crippen molar-refractivity contribution >= 4 is 42.0 Å². The van der Waals surface area contributed by atoms with Gasteiger partial charge in [0.1, 0.15) is 0 Å². The number of halogens is 1. The number of hydrogen-bond acceptors (Lipinski definition) is 0. The molecule has 0 fully saturated rings. The van der Waals surface area contributed by atoms with Crippen molar-refractivity contribution < 1.29 is 0 Å². The third kappa shape index (κ3) is 2.78. The standard InChI is InChI=1S/C25H22BrP/c1-21-12-11-19-25(20-21)27(26,22-13-5-2-6-14-22,23-15-7-3-8-16-23)24-17-9-4-10-18-24/h2-20H,1H3. The predicted molar refractivity (Wildman–Crippen MR) is 125 cm³/mol. The van der Waals surface area contributed by atoms with Crippen molar-refractivity contribution in [1.29, 1.82) is 0 Å². The van der Waals surface area contributed by atoms with E-state index < -0.39 is 5.31 Å². The zero-order valence-corrected chi connectivity index (χ0v) is 17.8. The van der Waals surface area contributed by atoms with Crippen LogP contribution in [-0.4, -0.2) is 0 Å². The molecule has 0 spiro atoms. The van der Waals surface area contributed by atoms with Crippen LogP contribution >= 0.6 is 20.8 Å². The monoisotopic (exact) mass is 432 g/mol. The first-order valence-corrected chi connectivity index (χ1v) is 13.4. The fourth-order valence-corrected chi connectivity index (χ4v) is 11.5. The third-order valence-corrected chi connectivity index (χ3v) is 15.2. The Balaban J connectivity index is 2.24. The minimum absolute atomic E-state index is 1.27. The molecule has 0 saturated heterocycles. The van der Waals surface area contributed by atoms with E-state index in [1.54, 1.807) is 0 Å². The molecule has 0 saturated carbocycles. The van der Waals surface area contributed by atoms with Gasteiger partial charge in [0.2, 0.25) is 0 Å². The average Bonchev–Trinajstić information content (AvgIpc) is 2.75. The van der Waals surface area contributed by atoms with Gasteiger partial charge in [-0.1, -0.05) is 0 Å². The predicted octanol–water partition coefficient (Wildman–Crippen LogP) is 5.46. The molecule has 2 heteroatoms. The Morgan fingerprint density at radius 1 is 0.481 bits per heavy atom. The molecule has 134 valence electrons. The minimum atomic E-state index is -3.04. The van der Waals surface area contributed by atoms with Crippen LogP contribution in [0.25, 0.3) is 0 Å². The Bertz CT molecular complexity index is 944. The van der Waals surface area contributed by atoms with Crippen molar-refractivity contribution in [2.45, 2.75) is 6.92 Å². The van der Waals surface area contributed by atoms with Gasteiger partial charge >= 0.3 is 170 Å². The molecule has 27 heavy (non-hydrogen) atoms. The normalized spacial score (nSPS) is 12.9. The molecule has 0 nitrogen and oxygen atoms in total. The number of benzene rings is 4. The van der Waals surface area contributed by atoms with Gasteiger partial charge < -0.3 is 0 Å². The molecular formula is C25H22BrP. The third-order valence-electron chi connectivity index (χ3n) is 5.21. The van der Waals surface area contributed by atoms with Crippen LogP contribution in [0.4, 0.5) is 0 Å². The Kier molecular flexibility index (Phi) is 4.76. The van der Waals surface area contributed by atoms with E-state index >= 15 is 0 Å². The van der Waals surface area contributed by atoms with Crippen LogP contribution < -0.4 is 21.2 Å². The summed E-state index contributed by atoms with van der Waals surface area (Å²) in [6.07, 6.45) is 0. The first kappa shape index (κ1) is 18.2. The van der Waals surface area contributed by atoms with Gasteiger partial charge in [-0.3, -0.25) is 0 Å². The van der Waals surface area contributed by atoms with E-state index in [0.717, 1.165) is 0 Å². The van der Waals surface area contributed by atoms with Crippen LogP contribution in [0.1, 0.15) is 5.56 Å². The van der Waals surface area contributed by atoms with E-state index in [0.29, 0.717) is 0 Å². The molecule has 4 aromatic rings. The second-order valence-corrected chi connectivity index (χ2v) is 15.2. The molecule has 0 N–H and O–H groups in total. The first-order valence-electron chi connectivity index (χ1n) is 9.12. The second kappa shape index (κ2) is 7.08. The van der Waals surface area contributed by atoms with Gasteiger partial charge in [-0.2, -0.15) is 0 Å². The summed E-state index contributed by atoms with van der Waals surface area (Å²) in [5, 5.41) is 2.22. The van der Waals surface area contributed by atoms with Crippen molar-refractivity contribution in [3.8, 4) is 0 Å². The quantitative estimate of drug-likeness (QED) is 0.375. The molecule has 0 aliphatic rings. The Morgan fingerprint density at radius 2 is 0.852 bits per heavy atom. The molecule has 0 radical (unpaired) electrons. The zero-order chi connectivity index (χ0) is 18.8. The zero-order valence-electron chi connectivity index (χ0n) is 15.3. The summed E-state index contributed by atoms with van der Waals surface area (Å²) in [5.41, 5.74) is 1.27. The molecule has 0 unspecified atom stereocenters. The fourth-order valence-electron chi connectivity index (χ4n) is 3.91. The van der Waals surface area contributed by atoms with Gasteiger partial charge in [0, 0.05) is 0 Å². The van der Waals surface area contributed by atoms with Crippen LogP contribution in [-0.2, 0) is 0 Å². The molecule has 0 heterocycles. The summed E-state index contributed by atoms with van der Waals surface area (Å²) in [6, 6.07) is 41.6. The van der Waals surface area contributed by atoms with Gasteiger partial charge in [-0.05, 0) is 0 Å². The Labute approximate surface area is 169 Å². The van der Waals surface area contributed by atoms with Crippen LogP contribution in [0.2, 0.25) is 0 Å².